The van der Waals surface area contributed by atoms with Crippen LogP contribution >= 0.6 is 11.3 Å². The third kappa shape index (κ3) is 1.93. The molecule has 2 aromatic rings. The van der Waals surface area contributed by atoms with E-state index >= 15 is 0 Å². The second-order valence-corrected chi connectivity index (χ2v) is 5.01. The van der Waals surface area contributed by atoms with E-state index in [-0.39, 0.29) is 5.78 Å². The largest absolute Gasteiger partial charge is 0.286 e. The number of carbonyl (C=O) groups is 1. The predicted octanol–water partition coefficient (Wildman–Crippen LogP) is 2.81. The molecule has 0 N–H and O–H groups in total. The third-order valence-electron chi connectivity index (χ3n) is 2.40. The van der Waals surface area contributed by atoms with Crippen molar-refractivity contribution in [3.8, 4) is 0 Å². The highest BCUT2D eigenvalue weighted by Crippen LogP contribution is 2.19. The Labute approximate surface area is 98.7 Å². The fourth-order valence-corrected chi connectivity index (χ4v) is 2.47. The molecule has 0 fully saturated rings. The van der Waals surface area contributed by atoms with Gasteiger partial charge in [-0.3, -0.25) is 9.48 Å². The van der Waals surface area contributed by atoms with Crippen LogP contribution in [0.3, 0.4) is 0 Å². The molecular weight excluding hydrogens is 220 g/mol. The molecular formula is C12H14N2OS. The summed E-state index contributed by atoms with van der Waals surface area (Å²) >= 11 is 1.53. The summed E-state index contributed by atoms with van der Waals surface area (Å²) in [5.41, 5.74) is 1.57. The molecule has 0 bridgehead atoms. The highest BCUT2D eigenvalue weighted by Gasteiger charge is 2.16. The van der Waals surface area contributed by atoms with Gasteiger partial charge >= 0.3 is 0 Å². The summed E-state index contributed by atoms with van der Waals surface area (Å²) in [6.07, 6.45) is 0. The monoisotopic (exact) mass is 234 g/mol. The summed E-state index contributed by atoms with van der Waals surface area (Å²) in [5, 5.41) is 4.28. The van der Waals surface area contributed by atoms with Crippen molar-refractivity contribution in [2.75, 3.05) is 0 Å². The van der Waals surface area contributed by atoms with Crippen molar-refractivity contribution >= 4 is 17.1 Å². The van der Waals surface area contributed by atoms with E-state index in [1.165, 1.54) is 11.3 Å². The lowest BCUT2D eigenvalue weighted by molar-refractivity contribution is 0.103. The average Bonchev–Trinajstić information content (AvgIpc) is 2.83. The van der Waals surface area contributed by atoms with Crippen LogP contribution in [-0.4, -0.2) is 15.6 Å². The standard InChI is InChI=1S/C12H14N2OS/c1-4-14-10(7-8(2)13-14)12(15)11-6-5-9(3)16-11/h5-7H,4H2,1-3H3. The van der Waals surface area contributed by atoms with Crippen LogP contribution in [0.2, 0.25) is 0 Å². The lowest BCUT2D eigenvalue weighted by atomic mass is 10.2. The van der Waals surface area contributed by atoms with Crippen LogP contribution in [-0.2, 0) is 6.54 Å². The zero-order valence-corrected chi connectivity index (χ0v) is 10.5. The van der Waals surface area contributed by atoms with Crippen LogP contribution in [0.25, 0.3) is 0 Å². The van der Waals surface area contributed by atoms with E-state index < -0.39 is 0 Å². The first-order chi connectivity index (χ1) is 7.61. The fraction of sp³-hybridized carbons (Fsp3) is 0.333. The smallest absolute Gasteiger partial charge is 0.220 e. The molecule has 0 saturated carbocycles. The van der Waals surface area contributed by atoms with E-state index in [2.05, 4.69) is 5.10 Å². The molecule has 2 heterocycles. The number of aryl methyl sites for hydroxylation is 3. The second kappa shape index (κ2) is 4.22. The van der Waals surface area contributed by atoms with E-state index in [1.54, 1.807) is 4.68 Å². The van der Waals surface area contributed by atoms with Crippen LogP contribution in [0.1, 0.15) is 32.9 Å². The van der Waals surface area contributed by atoms with E-state index in [4.69, 9.17) is 0 Å². The van der Waals surface area contributed by atoms with Gasteiger partial charge in [-0.25, -0.2) is 0 Å². The van der Waals surface area contributed by atoms with Gasteiger partial charge in [-0.2, -0.15) is 5.10 Å². The van der Waals surface area contributed by atoms with Crippen molar-refractivity contribution in [2.45, 2.75) is 27.3 Å². The number of carbonyl (C=O) groups excluding carboxylic acids is 1. The van der Waals surface area contributed by atoms with Crippen LogP contribution < -0.4 is 0 Å². The number of hydrogen-bond acceptors (Lipinski definition) is 3. The molecule has 0 atom stereocenters. The van der Waals surface area contributed by atoms with Gasteiger partial charge in [0.15, 0.2) is 0 Å². The zero-order chi connectivity index (χ0) is 11.7. The van der Waals surface area contributed by atoms with E-state index in [9.17, 15) is 4.79 Å². The minimum Gasteiger partial charge on any atom is -0.286 e. The Balaban J connectivity index is 2.40. The lowest BCUT2D eigenvalue weighted by Crippen LogP contribution is -2.09. The van der Waals surface area contributed by atoms with Gasteiger partial charge in [0.05, 0.1) is 10.6 Å². The number of ketones is 1. The molecule has 0 spiro atoms. The maximum absolute atomic E-state index is 12.2. The Hall–Kier alpha value is -1.42. The van der Waals surface area contributed by atoms with Crippen molar-refractivity contribution in [1.82, 2.24) is 9.78 Å². The number of nitrogens with zero attached hydrogens (tertiary/aromatic N) is 2. The van der Waals surface area contributed by atoms with Gasteiger partial charge in [-0.05, 0) is 39.0 Å². The van der Waals surface area contributed by atoms with Crippen LogP contribution in [0.4, 0.5) is 0 Å². The molecule has 0 aliphatic carbocycles. The molecule has 84 valence electrons. The number of thiophene rings is 1. The summed E-state index contributed by atoms with van der Waals surface area (Å²) in [6.45, 7) is 6.62. The molecule has 0 amide bonds. The first-order valence-corrected chi connectivity index (χ1v) is 6.09. The Morgan fingerprint density at radius 2 is 2.19 bits per heavy atom. The van der Waals surface area contributed by atoms with Gasteiger partial charge in [0, 0.05) is 11.4 Å². The van der Waals surface area contributed by atoms with Crippen molar-refractivity contribution in [2.24, 2.45) is 0 Å². The van der Waals surface area contributed by atoms with Gasteiger partial charge in [-0.1, -0.05) is 0 Å². The average molecular weight is 234 g/mol. The summed E-state index contributed by atoms with van der Waals surface area (Å²) in [5.74, 6) is 0.0700. The van der Waals surface area contributed by atoms with E-state index in [0.717, 1.165) is 22.0 Å². The van der Waals surface area contributed by atoms with Crippen molar-refractivity contribution in [1.29, 1.82) is 0 Å². The topological polar surface area (TPSA) is 34.9 Å². The molecule has 0 aromatic carbocycles. The quantitative estimate of drug-likeness (QED) is 0.765. The Kier molecular flexibility index (Phi) is 2.92. The van der Waals surface area contributed by atoms with Crippen LogP contribution in [0, 0.1) is 13.8 Å². The molecule has 0 aliphatic heterocycles. The van der Waals surface area contributed by atoms with Crippen molar-refractivity contribution in [3.05, 3.63) is 39.3 Å². The fourth-order valence-electron chi connectivity index (χ4n) is 1.65. The van der Waals surface area contributed by atoms with Crippen molar-refractivity contribution in [3.63, 3.8) is 0 Å². The summed E-state index contributed by atoms with van der Waals surface area (Å²) in [4.78, 5) is 14.1. The van der Waals surface area contributed by atoms with Gasteiger partial charge in [0.1, 0.15) is 5.69 Å². The maximum atomic E-state index is 12.2. The second-order valence-electron chi connectivity index (χ2n) is 3.73. The SMILES string of the molecule is CCn1nc(C)cc1C(=O)c1ccc(C)s1. The molecule has 0 radical (unpaired) electrons. The molecule has 0 unspecified atom stereocenters. The van der Waals surface area contributed by atoms with Crippen molar-refractivity contribution < 1.29 is 4.79 Å². The third-order valence-corrected chi connectivity index (χ3v) is 3.40. The predicted molar refractivity (Wildman–Crippen MR) is 65.1 cm³/mol. The molecule has 3 nitrogen and oxygen atoms in total. The number of rotatable bonds is 3. The normalized spacial score (nSPS) is 10.7. The van der Waals surface area contributed by atoms with Gasteiger partial charge < -0.3 is 0 Å². The van der Waals surface area contributed by atoms with Gasteiger partial charge in [-0.15, -0.1) is 11.3 Å². The summed E-state index contributed by atoms with van der Waals surface area (Å²) < 4.78 is 1.76. The van der Waals surface area contributed by atoms with Crippen LogP contribution in [0.15, 0.2) is 18.2 Å². The maximum Gasteiger partial charge on any atom is 0.220 e. The highest BCUT2D eigenvalue weighted by molar-refractivity contribution is 7.14. The molecule has 2 rings (SSSR count). The van der Waals surface area contributed by atoms with E-state index in [0.29, 0.717) is 5.69 Å². The number of hydrogen-bond donors (Lipinski definition) is 0. The molecule has 0 saturated heterocycles. The van der Waals surface area contributed by atoms with Gasteiger partial charge in [0.2, 0.25) is 5.78 Å². The lowest BCUT2D eigenvalue weighted by Gasteiger charge is -2.01. The van der Waals surface area contributed by atoms with Crippen LogP contribution in [0.5, 0.6) is 0 Å². The minimum atomic E-state index is 0.0700. The molecule has 16 heavy (non-hydrogen) atoms. The first kappa shape index (κ1) is 11.1. The molecule has 0 aliphatic rings. The Bertz CT molecular complexity index is 525. The Morgan fingerprint density at radius 1 is 1.44 bits per heavy atom. The molecule has 2 aromatic heterocycles. The van der Waals surface area contributed by atoms with Gasteiger partial charge in [0.25, 0.3) is 0 Å². The summed E-state index contributed by atoms with van der Waals surface area (Å²) in [6, 6.07) is 5.70. The minimum absolute atomic E-state index is 0.0700. The number of aromatic nitrogens is 2. The van der Waals surface area contributed by atoms with E-state index in [1.807, 2.05) is 39.0 Å². The first-order valence-electron chi connectivity index (χ1n) is 5.27. The zero-order valence-electron chi connectivity index (χ0n) is 9.65. The molecule has 4 heteroatoms. The summed E-state index contributed by atoms with van der Waals surface area (Å²) in [7, 11) is 0. The highest BCUT2D eigenvalue weighted by atomic mass is 32.1. The Morgan fingerprint density at radius 3 is 2.75 bits per heavy atom.